The monoisotopic (exact) mass is 410 g/mol. The Labute approximate surface area is 178 Å². The number of aryl methyl sites for hydroxylation is 1. The summed E-state index contributed by atoms with van der Waals surface area (Å²) >= 11 is 0. The summed E-state index contributed by atoms with van der Waals surface area (Å²) in [5.41, 5.74) is 4.31. The highest BCUT2D eigenvalue weighted by Crippen LogP contribution is 2.32. The van der Waals surface area contributed by atoms with Crippen LogP contribution >= 0.6 is 0 Å². The molecule has 0 fully saturated rings. The van der Waals surface area contributed by atoms with Crippen LogP contribution in [0.1, 0.15) is 27.2 Å². The first-order valence-electron chi connectivity index (χ1n) is 9.80. The van der Waals surface area contributed by atoms with E-state index in [1.807, 2.05) is 25.1 Å². The first-order chi connectivity index (χ1) is 15.2. The highest BCUT2D eigenvalue weighted by atomic mass is 16.6. The molecule has 0 bridgehead atoms. The van der Waals surface area contributed by atoms with Gasteiger partial charge in [0.15, 0.2) is 17.1 Å². The van der Waals surface area contributed by atoms with E-state index in [-0.39, 0.29) is 5.91 Å². The average molecular weight is 410 g/mol. The lowest BCUT2D eigenvalue weighted by Crippen LogP contribution is -2.16. The Kier molecular flexibility index (Phi) is 4.73. The van der Waals surface area contributed by atoms with Crippen LogP contribution in [0.15, 0.2) is 60.9 Å². The molecule has 0 aliphatic carbocycles. The van der Waals surface area contributed by atoms with E-state index in [9.17, 15) is 4.79 Å². The van der Waals surface area contributed by atoms with Crippen LogP contribution in [-0.2, 0) is 0 Å². The number of imidazole rings is 1. The largest absolute Gasteiger partial charge is 0.486 e. The molecule has 0 spiro atoms. The van der Waals surface area contributed by atoms with Gasteiger partial charge in [0.05, 0.1) is 6.20 Å². The van der Waals surface area contributed by atoms with Gasteiger partial charge in [-0.15, -0.1) is 0 Å². The maximum absolute atomic E-state index is 12.8. The Morgan fingerprint density at radius 1 is 1.06 bits per heavy atom. The molecule has 2 aromatic carbocycles. The molecule has 1 aliphatic rings. The fourth-order valence-electron chi connectivity index (χ4n) is 3.27. The van der Waals surface area contributed by atoms with E-state index in [1.54, 1.807) is 47.2 Å². The Bertz CT molecular complexity index is 1360. The molecule has 7 nitrogen and oxygen atoms in total. The van der Waals surface area contributed by atoms with Crippen molar-refractivity contribution in [1.29, 1.82) is 0 Å². The zero-order chi connectivity index (χ0) is 21.2. The van der Waals surface area contributed by atoms with Crippen molar-refractivity contribution in [2.45, 2.75) is 6.92 Å². The van der Waals surface area contributed by atoms with E-state index >= 15 is 0 Å². The summed E-state index contributed by atoms with van der Waals surface area (Å²) in [6.07, 6.45) is 3.37. The second-order valence-electron chi connectivity index (χ2n) is 7.03. The van der Waals surface area contributed by atoms with Gasteiger partial charge in [-0.05, 0) is 54.8 Å². The topological polar surface area (TPSA) is 77.8 Å². The van der Waals surface area contributed by atoms with Crippen LogP contribution in [0.3, 0.4) is 0 Å². The molecule has 4 aromatic rings. The molecule has 0 radical (unpaired) electrons. The minimum absolute atomic E-state index is 0.226. The molecular weight excluding hydrogens is 392 g/mol. The number of carbonyl (C=O) groups is 1. The number of amides is 1. The molecule has 31 heavy (non-hydrogen) atoms. The zero-order valence-corrected chi connectivity index (χ0v) is 16.8. The van der Waals surface area contributed by atoms with Crippen LogP contribution in [0.4, 0.5) is 5.69 Å². The van der Waals surface area contributed by atoms with Gasteiger partial charge in [-0.3, -0.25) is 4.79 Å². The smallest absolute Gasteiger partial charge is 0.255 e. The second kappa shape index (κ2) is 7.84. The van der Waals surface area contributed by atoms with Crippen molar-refractivity contribution in [3.8, 4) is 23.3 Å². The molecule has 1 N–H and O–H groups in total. The molecule has 5 rings (SSSR count). The summed E-state index contributed by atoms with van der Waals surface area (Å²) in [6, 6.07) is 14.5. The van der Waals surface area contributed by atoms with Gasteiger partial charge < -0.3 is 14.8 Å². The van der Waals surface area contributed by atoms with E-state index in [0.717, 1.165) is 16.8 Å². The number of fused-ring (bicyclic) bond motifs is 2. The standard InChI is InChI=1S/C24H18N4O3/c1-16-4-5-18(24(29)27-19-7-9-21-22(14-19)31-12-11-30-21)13-17(16)6-8-20-15-25-23-3-2-10-26-28(20)23/h2-5,7,9-10,13-15H,11-12H2,1H3,(H,27,29). The highest BCUT2D eigenvalue weighted by Gasteiger charge is 2.14. The quantitative estimate of drug-likeness (QED) is 0.512. The Morgan fingerprint density at radius 3 is 2.84 bits per heavy atom. The van der Waals surface area contributed by atoms with Crippen molar-refractivity contribution in [3.63, 3.8) is 0 Å². The number of ether oxygens (including phenoxy) is 2. The highest BCUT2D eigenvalue weighted by molar-refractivity contribution is 6.04. The number of benzene rings is 2. The Hall–Kier alpha value is -4.31. The number of carbonyl (C=O) groups excluding carboxylic acids is 1. The van der Waals surface area contributed by atoms with Crippen molar-refractivity contribution >= 4 is 17.2 Å². The molecule has 0 atom stereocenters. The molecule has 152 valence electrons. The fraction of sp³-hybridized carbons (Fsp3) is 0.125. The minimum atomic E-state index is -0.226. The maximum atomic E-state index is 12.8. The van der Waals surface area contributed by atoms with Gasteiger partial charge in [-0.2, -0.15) is 5.10 Å². The van der Waals surface area contributed by atoms with Gasteiger partial charge in [0, 0.05) is 29.1 Å². The molecule has 0 saturated carbocycles. The SMILES string of the molecule is Cc1ccc(C(=O)Nc2ccc3c(c2)OCCO3)cc1C#Cc1cnc2cccnn12. The predicted octanol–water partition coefficient (Wildman–Crippen LogP) is 3.46. The fourth-order valence-corrected chi connectivity index (χ4v) is 3.27. The van der Waals surface area contributed by atoms with Crippen LogP contribution in [-0.4, -0.2) is 33.7 Å². The second-order valence-corrected chi connectivity index (χ2v) is 7.03. The first-order valence-corrected chi connectivity index (χ1v) is 9.80. The predicted molar refractivity (Wildman–Crippen MR) is 116 cm³/mol. The lowest BCUT2D eigenvalue weighted by molar-refractivity contribution is 0.102. The third-order valence-electron chi connectivity index (χ3n) is 4.90. The van der Waals surface area contributed by atoms with E-state index in [1.165, 1.54) is 0 Å². The number of aromatic nitrogens is 3. The first kappa shape index (κ1) is 18.7. The maximum Gasteiger partial charge on any atom is 0.255 e. The van der Waals surface area contributed by atoms with Crippen LogP contribution in [0.25, 0.3) is 5.65 Å². The zero-order valence-electron chi connectivity index (χ0n) is 16.8. The lowest BCUT2D eigenvalue weighted by atomic mass is 10.0. The minimum Gasteiger partial charge on any atom is -0.486 e. The van der Waals surface area contributed by atoms with Gasteiger partial charge in [0.1, 0.15) is 18.9 Å². The van der Waals surface area contributed by atoms with Crippen LogP contribution in [0.2, 0.25) is 0 Å². The Morgan fingerprint density at radius 2 is 1.94 bits per heavy atom. The molecule has 2 aromatic heterocycles. The van der Waals surface area contributed by atoms with Gasteiger partial charge in [-0.25, -0.2) is 9.50 Å². The molecule has 1 amide bonds. The van der Waals surface area contributed by atoms with Gasteiger partial charge >= 0.3 is 0 Å². The average Bonchev–Trinajstić information content (AvgIpc) is 3.21. The number of anilines is 1. The Balaban J connectivity index is 1.39. The molecule has 3 heterocycles. The number of nitrogens with zero attached hydrogens (tertiary/aromatic N) is 3. The van der Waals surface area contributed by atoms with Crippen molar-refractivity contribution < 1.29 is 14.3 Å². The van der Waals surface area contributed by atoms with E-state index in [0.29, 0.717) is 41.7 Å². The summed E-state index contributed by atoms with van der Waals surface area (Å²) < 4.78 is 12.8. The van der Waals surface area contributed by atoms with Crippen LogP contribution in [0, 0.1) is 18.8 Å². The van der Waals surface area contributed by atoms with Gasteiger partial charge in [0.25, 0.3) is 5.91 Å². The number of hydrogen-bond donors (Lipinski definition) is 1. The third-order valence-corrected chi connectivity index (χ3v) is 4.90. The van der Waals surface area contributed by atoms with Crippen LogP contribution in [0.5, 0.6) is 11.5 Å². The normalized spacial score (nSPS) is 12.2. The van der Waals surface area contributed by atoms with Gasteiger partial charge in [0.2, 0.25) is 0 Å². The molecular formula is C24H18N4O3. The summed E-state index contributed by atoms with van der Waals surface area (Å²) in [4.78, 5) is 17.1. The van der Waals surface area contributed by atoms with E-state index in [2.05, 4.69) is 27.2 Å². The van der Waals surface area contributed by atoms with Crippen molar-refractivity contribution in [1.82, 2.24) is 14.6 Å². The summed E-state index contributed by atoms with van der Waals surface area (Å²) in [5.74, 6) is 7.32. The van der Waals surface area contributed by atoms with Crippen molar-refractivity contribution in [3.05, 3.63) is 83.3 Å². The molecule has 0 unspecified atom stereocenters. The van der Waals surface area contributed by atoms with Crippen molar-refractivity contribution in [2.75, 3.05) is 18.5 Å². The number of hydrogen-bond acceptors (Lipinski definition) is 5. The molecule has 0 saturated heterocycles. The van der Waals surface area contributed by atoms with E-state index in [4.69, 9.17) is 9.47 Å². The molecule has 7 heteroatoms. The number of nitrogens with one attached hydrogen (secondary N) is 1. The van der Waals surface area contributed by atoms with Gasteiger partial charge in [-0.1, -0.05) is 12.0 Å². The summed E-state index contributed by atoms with van der Waals surface area (Å²) in [7, 11) is 0. The third kappa shape index (κ3) is 3.79. The van der Waals surface area contributed by atoms with E-state index < -0.39 is 0 Å². The molecule has 1 aliphatic heterocycles. The summed E-state index contributed by atoms with van der Waals surface area (Å²) in [6.45, 7) is 2.97. The van der Waals surface area contributed by atoms with Crippen molar-refractivity contribution in [2.24, 2.45) is 0 Å². The number of rotatable bonds is 2. The summed E-state index contributed by atoms with van der Waals surface area (Å²) in [5, 5.41) is 7.17. The lowest BCUT2D eigenvalue weighted by Gasteiger charge is -2.19. The van der Waals surface area contributed by atoms with Crippen LogP contribution < -0.4 is 14.8 Å².